The Labute approximate surface area is 115 Å². The van der Waals surface area contributed by atoms with Crippen molar-refractivity contribution in [3.63, 3.8) is 0 Å². The molecule has 0 aliphatic heterocycles. The third-order valence-electron chi connectivity index (χ3n) is 4.04. The Morgan fingerprint density at radius 1 is 0.950 bits per heavy atom. The van der Waals surface area contributed by atoms with E-state index in [1.807, 2.05) is 12.1 Å². The molecular weight excluding hydrogens is 255 g/mol. The fraction of sp³-hybridized carbons (Fsp3) is 0.188. The molecule has 0 spiro atoms. The summed E-state index contributed by atoms with van der Waals surface area (Å²) in [6, 6.07) is 11.4. The summed E-state index contributed by atoms with van der Waals surface area (Å²) in [5, 5.41) is 5.48. The monoisotopic (exact) mass is 268 g/mol. The molecule has 1 fully saturated rings. The summed E-state index contributed by atoms with van der Waals surface area (Å²) < 4.78 is 12.8. The Balaban J connectivity index is 1.43. The number of benzene rings is 2. The number of halogens is 1. The van der Waals surface area contributed by atoms with Crippen molar-refractivity contribution in [2.45, 2.75) is 18.3 Å². The van der Waals surface area contributed by atoms with Gasteiger partial charge in [0.2, 0.25) is 0 Å². The molecule has 2 amide bonds. The van der Waals surface area contributed by atoms with Gasteiger partial charge >= 0.3 is 6.03 Å². The molecule has 4 rings (SSSR count). The highest BCUT2D eigenvalue weighted by molar-refractivity contribution is 5.99. The summed E-state index contributed by atoms with van der Waals surface area (Å²) in [5.41, 5.74) is 4.16. The maximum atomic E-state index is 12.8. The van der Waals surface area contributed by atoms with Gasteiger partial charge in [-0.15, -0.1) is 0 Å². The van der Waals surface area contributed by atoms with Crippen LogP contribution in [0.2, 0.25) is 0 Å². The summed E-state index contributed by atoms with van der Waals surface area (Å²) >= 11 is 0. The highest BCUT2D eigenvalue weighted by atomic mass is 19.1. The van der Waals surface area contributed by atoms with E-state index in [2.05, 4.69) is 16.7 Å². The number of anilines is 2. The lowest BCUT2D eigenvalue weighted by atomic mass is 9.88. The van der Waals surface area contributed by atoms with Crippen molar-refractivity contribution < 1.29 is 9.18 Å². The molecule has 20 heavy (non-hydrogen) atoms. The number of carbonyl (C=O) groups excluding carboxylic acids is 1. The Bertz CT molecular complexity index is 696. The second-order valence-electron chi connectivity index (χ2n) is 5.38. The van der Waals surface area contributed by atoms with Crippen LogP contribution in [0.25, 0.3) is 0 Å². The molecule has 3 nitrogen and oxygen atoms in total. The molecule has 2 N–H and O–H groups in total. The van der Waals surface area contributed by atoms with E-state index in [-0.39, 0.29) is 11.8 Å². The summed E-state index contributed by atoms with van der Waals surface area (Å²) in [6.07, 6.45) is 1.26. The molecule has 1 saturated carbocycles. The topological polar surface area (TPSA) is 41.1 Å². The lowest BCUT2D eigenvalue weighted by Gasteiger charge is -2.19. The first-order chi connectivity index (χ1) is 9.70. The molecule has 100 valence electrons. The van der Waals surface area contributed by atoms with Crippen molar-refractivity contribution in [3.8, 4) is 0 Å². The average Bonchev–Trinajstić information content (AvgIpc) is 3.14. The number of carbonyl (C=O) groups is 1. The first-order valence-corrected chi connectivity index (χ1v) is 6.68. The number of hydrogen-bond acceptors (Lipinski definition) is 1. The molecule has 0 heterocycles. The Kier molecular flexibility index (Phi) is 2.33. The molecular formula is C16H13FN2O. The molecule has 2 aromatic rings. The van der Waals surface area contributed by atoms with Crippen molar-refractivity contribution in [3.05, 3.63) is 59.4 Å². The number of nitrogens with one attached hydrogen (secondary N) is 2. The van der Waals surface area contributed by atoms with Crippen LogP contribution in [0.4, 0.5) is 20.6 Å². The molecule has 0 bridgehead atoms. The van der Waals surface area contributed by atoms with Gasteiger partial charge in [0.05, 0.1) is 0 Å². The second kappa shape index (κ2) is 4.07. The molecule has 2 aliphatic carbocycles. The average molecular weight is 268 g/mol. The predicted octanol–water partition coefficient (Wildman–Crippen LogP) is 4.05. The predicted molar refractivity (Wildman–Crippen MR) is 75.6 cm³/mol. The molecule has 2 atom stereocenters. The van der Waals surface area contributed by atoms with E-state index in [9.17, 15) is 9.18 Å². The van der Waals surface area contributed by atoms with E-state index in [0.717, 1.165) is 17.5 Å². The van der Waals surface area contributed by atoms with Gasteiger partial charge in [-0.25, -0.2) is 9.18 Å². The second-order valence-corrected chi connectivity index (χ2v) is 5.38. The van der Waals surface area contributed by atoms with E-state index >= 15 is 0 Å². The van der Waals surface area contributed by atoms with Crippen LogP contribution in [0.1, 0.15) is 29.4 Å². The maximum Gasteiger partial charge on any atom is 0.323 e. The number of amides is 2. The number of urea groups is 1. The zero-order chi connectivity index (χ0) is 13.7. The van der Waals surface area contributed by atoms with Crippen LogP contribution < -0.4 is 10.6 Å². The fourth-order valence-corrected chi connectivity index (χ4v) is 2.92. The molecule has 0 saturated heterocycles. The van der Waals surface area contributed by atoms with Crippen LogP contribution in [0.15, 0.2) is 42.5 Å². The maximum absolute atomic E-state index is 12.8. The van der Waals surface area contributed by atoms with E-state index < -0.39 is 0 Å². The largest absolute Gasteiger partial charge is 0.323 e. The SMILES string of the molecule is O=C(Nc1ccc(F)cc1)Nc1ccc2c(c1)C1CC21. The zero-order valence-corrected chi connectivity index (χ0v) is 10.7. The normalized spacial score (nSPS) is 21.2. The molecule has 2 aromatic carbocycles. The lowest BCUT2D eigenvalue weighted by molar-refractivity contribution is 0.262. The van der Waals surface area contributed by atoms with Crippen LogP contribution in [0, 0.1) is 5.82 Å². The zero-order valence-electron chi connectivity index (χ0n) is 10.7. The highest BCUT2D eigenvalue weighted by Crippen LogP contribution is 2.66. The van der Waals surface area contributed by atoms with Gasteiger partial charge in [-0.1, -0.05) is 6.07 Å². The fourth-order valence-electron chi connectivity index (χ4n) is 2.92. The van der Waals surface area contributed by atoms with Crippen LogP contribution in [0.3, 0.4) is 0 Å². The minimum absolute atomic E-state index is 0.316. The van der Waals surface area contributed by atoms with E-state index in [1.165, 1.54) is 41.8 Å². The Morgan fingerprint density at radius 2 is 1.60 bits per heavy atom. The third kappa shape index (κ3) is 1.84. The molecule has 0 aromatic heterocycles. The van der Waals surface area contributed by atoms with Crippen molar-refractivity contribution >= 4 is 17.4 Å². The van der Waals surface area contributed by atoms with Crippen molar-refractivity contribution in [1.82, 2.24) is 0 Å². The van der Waals surface area contributed by atoms with Gasteiger partial charge in [0.1, 0.15) is 5.82 Å². The van der Waals surface area contributed by atoms with Crippen LogP contribution in [-0.4, -0.2) is 6.03 Å². The van der Waals surface area contributed by atoms with E-state index in [4.69, 9.17) is 0 Å². The standard InChI is InChI=1S/C16H13FN2O/c17-9-1-3-10(4-2-9)18-16(20)19-11-5-6-12-13(7-11)15-8-14(12)15/h1-7,14-15H,8H2,(H2,18,19,20). The highest BCUT2D eigenvalue weighted by Gasteiger charge is 2.50. The number of rotatable bonds is 2. The number of fused-ring (bicyclic) bond motifs is 4. The summed E-state index contributed by atoms with van der Waals surface area (Å²) in [4.78, 5) is 11.9. The van der Waals surface area contributed by atoms with E-state index in [0.29, 0.717) is 5.69 Å². The van der Waals surface area contributed by atoms with Gasteiger partial charge in [0.15, 0.2) is 0 Å². The van der Waals surface area contributed by atoms with Gasteiger partial charge in [-0.2, -0.15) is 0 Å². The minimum Gasteiger partial charge on any atom is -0.308 e. The van der Waals surface area contributed by atoms with Gasteiger partial charge in [0.25, 0.3) is 0 Å². The van der Waals surface area contributed by atoms with Gasteiger partial charge < -0.3 is 10.6 Å². The smallest absolute Gasteiger partial charge is 0.308 e. The quantitative estimate of drug-likeness (QED) is 0.847. The van der Waals surface area contributed by atoms with Crippen molar-refractivity contribution in [2.24, 2.45) is 0 Å². The van der Waals surface area contributed by atoms with Crippen LogP contribution in [-0.2, 0) is 0 Å². The first kappa shape index (κ1) is 11.5. The summed E-state index contributed by atoms with van der Waals surface area (Å²) in [5.74, 6) is 1.19. The minimum atomic E-state index is -0.322. The lowest BCUT2D eigenvalue weighted by Crippen LogP contribution is -2.19. The van der Waals surface area contributed by atoms with Crippen LogP contribution >= 0.6 is 0 Å². The van der Waals surface area contributed by atoms with Crippen molar-refractivity contribution in [2.75, 3.05) is 10.6 Å². The first-order valence-electron chi connectivity index (χ1n) is 6.68. The Morgan fingerprint density at radius 3 is 2.40 bits per heavy atom. The van der Waals surface area contributed by atoms with Gasteiger partial charge in [-0.3, -0.25) is 0 Å². The third-order valence-corrected chi connectivity index (χ3v) is 4.04. The molecule has 2 unspecified atom stereocenters. The van der Waals surface area contributed by atoms with Crippen molar-refractivity contribution in [1.29, 1.82) is 0 Å². The van der Waals surface area contributed by atoms with Gasteiger partial charge in [-0.05, 0) is 65.8 Å². The molecule has 4 heteroatoms. The Hall–Kier alpha value is -2.36. The summed E-state index contributed by atoms with van der Waals surface area (Å²) in [7, 11) is 0. The molecule has 2 aliphatic rings. The van der Waals surface area contributed by atoms with E-state index in [1.54, 1.807) is 0 Å². The summed E-state index contributed by atoms with van der Waals surface area (Å²) in [6.45, 7) is 0. The van der Waals surface area contributed by atoms with Gasteiger partial charge in [0, 0.05) is 11.4 Å². The number of hydrogen-bond donors (Lipinski definition) is 2. The molecule has 0 radical (unpaired) electrons. The van der Waals surface area contributed by atoms with Crippen LogP contribution in [0.5, 0.6) is 0 Å².